The van der Waals surface area contributed by atoms with Gasteiger partial charge in [-0.15, -0.1) is 10.2 Å². The third-order valence-corrected chi connectivity index (χ3v) is 2.65. The molecule has 2 aromatic rings. The lowest BCUT2D eigenvalue weighted by Crippen LogP contribution is -2.04. The lowest BCUT2D eigenvalue weighted by Gasteiger charge is -2.11. The number of ether oxygens (including phenoxy) is 2. The Kier molecular flexibility index (Phi) is 3.79. The maximum Gasteiger partial charge on any atom is 0.336 e. The van der Waals surface area contributed by atoms with Crippen molar-refractivity contribution in [2.75, 3.05) is 14.2 Å². The van der Waals surface area contributed by atoms with Crippen LogP contribution in [0.3, 0.4) is 0 Å². The summed E-state index contributed by atoms with van der Waals surface area (Å²) in [5.41, 5.74) is -0.154. The number of carbonyl (C=O) groups is 1. The van der Waals surface area contributed by atoms with E-state index in [0.717, 1.165) is 6.07 Å². The molecule has 104 valence electrons. The van der Waals surface area contributed by atoms with Crippen molar-refractivity contribution in [2.24, 2.45) is 0 Å². The molecule has 6 nitrogen and oxygen atoms in total. The van der Waals surface area contributed by atoms with Crippen molar-refractivity contribution in [2.45, 2.75) is 0 Å². The highest BCUT2D eigenvalue weighted by Crippen LogP contribution is 2.34. The van der Waals surface area contributed by atoms with E-state index in [2.05, 4.69) is 10.2 Å². The highest BCUT2D eigenvalue weighted by molar-refractivity contribution is 5.97. The van der Waals surface area contributed by atoms with E-state index in [1.807, 2.05) is 0 Å². The number of aromatic nitrogens is 2. The molecule has 20 heavy (non-hydrogen) atoms. The second kappa shape index (κ2) is 5.52. The van der Waals surface area contributed by atoms with Gasteiger partial charge in [-0.3, -0.25) is 0 Å². The van der Waals surface area contributed by atoms with Crippen LogP contribution in [0.5, 0.6) is 11.8 Å². The zero-order valence-corrected chi connectivity index (χ0v) is 10.8. The van der Waals surface area contributed by atoms with Crippen molar-refractivity contribution >= 4 is 5.97 Å². The number of hydrogen-bond acceptors (Lipinski definition) is 5. The van der Waals surface area contributed by atoms with E-state index < -0.39 is 11.8 Å². The van der Waals surface area contributed by atoms with Crippen LogP contribution >= 0.6 is 0 Å². The molecule has 1 aromatic carbocycles. The summed E-state index contributed by atoms with van der Waals surface area (Å²) in [7, 11) is 2.71. The number of methoxy groups -OCH3 is 2. The van der Waals surface area contributed by atoms with Gasteiger partial charge < -0.3 is 14.6 Å². The smallest absolute Gasteiger partial charge is 0.336 e. The Morgan fingerprint density at radius 3 is 2.60 bits per heavy atom. The zero-order valence-electron chi connectivity index (χ0n) is 10.8. The molecule has 0 aliphatic rings. The Balaban J connectivity index is 2.76. The standard InChI is InChI=1S/C13H11FN2O4/c1-19-10-6-8(12(20-2)16-15-10)11-7(13(17)18)4-3-5-9(11)14/h3-6H,1-2H3,(H,17,18). The third-order valence-electron chi connectivity index (χ3n) is 2.65. The van der Waals surface area contributed by atoms with Crippen LogP contribution in [-0.4, -0.2) is 35.5 Å². The molecule has 0 saturated carbocycles. The van der Waals surface area contributed by atoms with Gasteiger partial charge in [-0.05, 0) is 12.1 Å². The second-order valence-electron chi connectivity index (χ2n) is 3.78. The number of aromatic carboxylic acids is 1. The Morgan fingerprint density at radius 1 is 1.25 bits per heavy atom. The van der Waals surface area contributed by atoms with E-state index in [1.165, 1.54) is 32.4 Å². The minimum atomic E-state index is -1.25. The lowest BCUT2D eigenvalue weighted by molar-refractivity contribution is 0.0697. The van der Waals surface area contributed by atoms with Gasteiger partial charge in [0.15, 0.2) is 0 Å². The molecule has 2 rings (SSSR count). The molecule has 0 atom stereocenters. The zero-order chi connectivity index (χ0) is 14.7. The van der Waals surface area contributed by atoms with Gasteiger partial charge in [0.2, 0.25) is 11.8 Å². The van der Waals surface area contributed by atoms with E-state index >= 15 is 0 Å². The summed E-state index contributed by atoms with van der Waals surface area (Å²) in [6.07, 6.45) is 0. The lowest BCUT2D eigenvalue weighted by atomic mass is 10.0. The van der Waals surface area contributed by atoms with Crippen molar-refractivity contribution in [1.82, 2.24) is 10.2 Å². The Labute approximate surface area is 113 Å². The summed E-state index contributed by atoms with van der Waals surface area (Å²) < 4.78 is 24.0. The van der Waals surface area contributed by atoms with Gasteiger partial charge in [-0.25, -0.2) is 9.18 Å². The SMILES string of the molecule is COc1cc(-c2c(F)cccc2C(=O)O)c(OC)nn1. The fourth-order valence-corrected chi connectivity index (χ4v) is 1.77. The van der Waals surface area contributed by atoms with Crippen LogP contribution in [0.4, 0.5) is 4.39 Å². The average molecular weight is 278 g/mol. The Morgan fingerprint density at radius 2 is 2.00 bits per heavy atom. The molecule has 1 heterocycles. The summed E-state index contributed by atoms with van der Waals surface area (Å²) in [6.45, 7) is 0. The molecule has 0 saturated heterocycles. The summed E-state index contributed by atoms with van der Waals surface area (Å²) in [5.74, 6) is -1.81. The normalized spacial score (nSPS) is 10.2. The van der Waals surface area contributed by atoms with Crippen molar-refractivity contribution in [3.8, 4) is 22.9 Å². The predicted octanol–water partition coefficient (Wildman–Crippen LogP) is 2.00. The van der Waals surface area contributed by atoms with Gasteiger partial charge in [0.25, 0.3) is 0 Å². The predicted molar refractivity (Wildman–Crippen MR) is 67.5 cm³/mol. The quantitative estimate of drug-likeness (QED) is 0.921. The molecule has 0 fully saturated rings. The number of carboxylic acid groups (broad SMARTS) is 1. The van der Waals surface area contributed by atoms with Crippen LogP contribution in [0.2, 0.25) is 0 Å². The number of rotatable bonds is 4. The minimum Gasteiger partial charge on any atom is -0.480 e. The number of carboxylic acids is 1. The van der Waals surface area contributed by atoms with E-state index in [4.69, 9.17) is 14.6 Å². The molecule has 0 bridgehead atoms. The van der Waals surface area contributed by atoms with Crippen LogP contribution < -0.4 is 9.47 Å². The van der Waals surface area contributed by atoms with Gasteiger partial charge in [-0.1, -0.05) is 6.07 Å². The highest BCUT2D eigenvalue weighted by Gasteiger charge is 2.21. The fourth-order valence-electron chi connectivity index (χ4n) is 1.77. The Hall–Kier alpha value is -2.70. The second-order valence-corrected chi connectivity index (χ2v) is 3.78. The molecule has 0 radical (unpaired) electrons. The van der Waals surface area contributed by atoms with Crippen molar-refractivity contribution in [3.63, 3.8) is 0 Å². The first-order chi connectivity index (χ1) is 9.58. The molecule has 0 spiro atoms. The first-order valence-corrected chi connectivity index (χ1v) is 5.56. The summed E-state index contributed by atoms with van der Waals surface area (Å²) in [6, 6.07) is 5.15. The van der Waals surface area contributed by atoms with Gasteiger partial charge in [0, 0.05) is 11.6 Å². The Bertz CT molecular complexity index is 661. The van der Waals surface area contributed by atoms with E-state index in [1.54, 1.807) is 0 Å². The van der Waals surface area contributed by atoms with Crippen LogP contribution in [0.15, 0.2) is 24.3 Å². The molecular weight excluding hydrogens is 267 g/mol. The molecule has 0 aliphatic carbocycles. The van der Waals surface area contributed by atoms with Crippen LogP contribution in [0.1, 0.15) is 10.4 Å². The summed E-state index contributed by atoms with van der Waals surface area (Å²) in [4.78, 5) is 11.2. The topological polar surface area (TPSA) is 81.5 Å². The van der Waals surface area contributed by atoms with Crippen molar-refractivity contribution < 1.29 is 23.8 Å². The van der Waals surface area contributed by atoms with Crippen LogP contribution in [0, 0.1) is 5.82 Å². The van der Waals surface area contributed by atoms with Gasteiger partial charge in [0.1, 0.15) is 5.82 Å². The largest absolute Gasteiger partial charge is 0.480 e. The molecular formula is C13H11FN2O4. The molecule has 7 heteroatoms. The first-order valence-electron chi connectivity index (χ1n) is 5.56. The molecule has 1 aromatic heterocycles. The number of benzene rings is 1. The summed E-state index contributed by atoms with van der Waals surface area (Å²) >= 11 is 0. The van der Waals surface area contributed by atoms with Crippen LogP contribution in [0.25, 0.3) is 11.1 Å². The monoisotopic (exact) mass is 278 g/mol. The molecule has 0 amide bonds. The van der Waals surface area contributed by atoms with E-state index in [-0.39, 0.29) is 28.5 Å². The van der Waals surface area contributed by atoms with Gasteiger partial charge >= 0.3 is 5.97 Å². The van der Waals surface area contributed by atoms with Crippen molar-refractivity contribution in [3.05, 3.63) is 35.6 Å². The summed E-state index contributed by atoms with van der Waals surface area (Å²) in [5, 5.41) is 16.6. The number of halogens is 1. The van der Waals surface area contributed by atoms with E-state index in [0.29, 0.717) is 0 Å². The highest BCUT2D eigenvalue weighted by atomic mass is 19.1. The van der Waals surface area contributed by atoms with Crippen LogP contribution in [-0.2, 0) is 0 Å². The van der Waals surface area contributed by atoms with Gasteiger partial charge in [0.05, 0.1) is 25.3 Å². The third kappa shape index (κ3) is 2.37. The number of hydrogen-bond donors (Lipinski definition) is 1. The molecule has 1 N–H and O–H groups in total. The fraction of sp³-hybridized carbons (Fsp3) is 0.154. The minimum absolute atomic E-state index is 0.0124. The maximum atomic E-state index is 14.0. The van der Waals surface area contributed by atoms with E-state index in [9.17, 15) is 9.18 Å². The average Bonchev–Trinajstić information content (AvgIpc) is 2.46. The number of nitrogens with zero attached hydrogens (tertiary/aromatic N) is 2. The first kappa shape index (κ1) is 13.7. The maximum absolute atomic E-state index is 14.0. The van der Waals surface area contributed by atoms with Crippen molar-refractivity contribution in [1.29, 1.82) is 0 Å². The molecule has 0 unspecified atom stereocenters. The van der Waals surface area contributed by atoms with Gasteiger partial charge in [-0.2, -0.15) is 0 Å². The molecule has 0 aliphatic heterocycles.